The maximum Gasteiger partial charge on any atom is 0.125 e. The lowest BCUT2D eigenvalue weighted by Crippen LogP contribution is -2.33. The number of nitrogens with one attached hydrogen (secondary N) is 1. The van der Waals surface area contributed by atoms with Crippen molar-refractivity contribution in [3.63, 3.8) is 0 Å². The molecule has 84 valence electrons. The zero-order valence-electron chi connectivity index (χ0n) is 9.96. The van der Waals surface area contributed by atoms with Crippen molar-refractivity contribution in [3.8, 4) is 6.07 Å². The number of aryl methyl sites for hydroxylation is 1. The highest BCUT2D eigenvalue weighted by molar-refractivity contribution is 5.49. The van der Waals surface area contributed by atoms with Gasteiger partial charge in [0.1, 0.15) is 5.54 Å². The highest BCUT2D eigenvalue weighted by Crippen LogP contribution is 2.36. The Balaban J connectivity index is 2.14. The van der Waals surface area contributed by atoms with Gasteiger partial charge in [-0.05, 0) is 44.2 Å². The standard InChI is InChI=1S/C14H18N2/c1-11-3-5-13(6-4-11)16-14(10-15)8-7-12(2)9-14/h3-6,12,16H,7-9H2,1-2H3. The van der Waals surface area contributed by atoms with E-state index in [4.69, 9.17) is 0 Å². The Kier molecular flexibility index (Phi) is 2.87. The SMILES string of the molecule is Cc1ccc(NC2(C#N)CCC(C)C2)cc1. The largest absolute Gasteiger partial charge is 0.367 e. The Morgan fingerprint density at radius 1 is 1.38 bits per heavy atom. The average Bonchev–Trinajstić information content (AvgIpc) is 2.64. The van der Waals surface area contributed by atoms with Gasteiger partial charge in [-0.15, -0.1) is 0 Å². The van der Waals surface area contributed by atoms with E-state index in [0.29, 0.717) is 5.92 Å². The van der Waals surface area contributed by atoms with Gasteiger partial charge in [0, 0.05) is 5.69 Å². The molecule has 1 aliphatic rings. The van der Waals surface area contributed by atoms with E-state index >= 15 is 0 Å². The van der Waals surface area contributed by atoms with Crippen LogP contribution in [0.5, 0.6) is 0 Å². The summed E-state index contributed by atoms with van der Waals surface area (Å²) in [5.74, 6) is 0.651. The molecule has 2 rings (SSSR count). The normalized spacial score (nSPS) is 28.7. The molecule has 2 unspecified atom stereocenters. The topological polar surface area (TPSA) is 35.8 Å². The Hall–Kier alpha value is -1.49. The van der Waals surface area contributed by atoms with Crippen LogP contribution in [-0.2, 0) is 0 Å². The molecule has 0 radical (unpaired) electrons. The second kappa shape index (κ2) is 4.17. The van der Waals surface area contributed by atoms with Gasteiger partial charge < -0.3 is 5.32 Å². The molecule has 0 saturated heterocycles. The van der Waals surface area contributed by atoms with Crippen LogP contribution in [0.3, 0.4) is 0 Å². The van der Waals surface area contributed by atoms with Crippen molar-refractivity contribution in [2.75, 3.05) is 5.32 Å². The molecule has 0 amide bonds. The number of nitrogens with zero attached hydrogens (tertiary/aromatic N) is 1. The van der Waals surface area contributed by atoms with Gasteiger partial charge in [0.05, 0.1) is 6.07 Å². The first kappa shape index (κ1) is 11.0. The molecule has 1 aromatic rings. The number of hydrogen-bond acceptors (Lipinski definition) is 2. The van der Waals surface area contributed by atoms with Crippen molar-refractivity contribution in [1.82, 2.24) is 0 Å². The number of benzene rings is 1. The maximum atomic E-state index is 9.34. The van der Waals surface area contributed by atoms with Crippen LogP contribution in [0.15, 0.2) is 24.3 Å². The van der Waals surface area contributed by atoms with Gasteiger partial charge in [0.25, 0.3) is 0 Å². The quantitative estimate of drug-likeness (QED) is 0.818. The molecule has 16 heavy (non-hydrogen) atoms. The summed E-state index contributed by atoms with van der Waals surface area (Å²) in [6.45, 7) is 4.29. The van der Waals surface area contributed by atoms with Gasteiger partial charge in [-0.3, -0.25) is 0 Å². The fourth-order valence-corrected chi connectivity index (χ4v) is 2.45. The smallest absolute Gasteiger partial charge is 0.125 e. The Morgan fingerprint density at radius 2 is 2.06 bits per heavy atom. The van der Waals surface area contributed by atoms with E-state index in [1.165, 1.54) is 5.56 Å². The number of rotatable bonds is 2. The van der Waals surface area contributed by atoms with E-state index in [2.05, 4.69) is 49.5 Å². The second-order valence-corrected chi connectivity index (χ2v) is 5.03. The summed E-state index contributed by atoms with van der Waals surface area (Å²) in [4.78, 5) is 0. The minimum atomic E-state index is -0.339. The fraction of sp³-hybridized carbons (Fsp3) is 0.500. The average molecular weight is 214 g/mol. The minimum absolute atomic E-state index is 0.339. The van der Waals surface area contributed by atoms with Crippen LogP contribution in [0.25, 0.3) is 0 Å². The van der Waals surface area contributed by atoms with Crippen LogP contribution in [0.4, 0.5) is 5.69 Å². The van der Waals surface area contributed by atoms with Gasteiger partial charge in [0.2, 0.25) is 0 Å². The predicted octanol–water partition coefficient (Wildman–Crippen LogP) is 3.49. The number of anilines is 1. The van der Waals surface area contributed by atoms with Crippen molar-refractivity contribution >= 4 is 5.69 Å². The van der Waals surface area contributed by atoms with Crippen molar-refractivity contribution in [3.05, 3.63) is 29.8 Å². The zero-order chi connectivity index (χ0) is 11.6. The number of hydrogen-bond donors (Lipinski definition) is 1. The molecule has 2 atom stereocenters. The Labute approximate surface area is 97.3 Å². The van der Waals surface area contributed by atoms with E-state index in [0.717, 1.165) is 24.9 Å². The molecule has 0 aliphatic heterocycles. The summed E-state index contributed by atoms with van der Waals surface area (Å²) in [7, 11) is 0. The maximum absolute atomic E-state index is 9.34. The van der Waals surface area contributed by atoms with E-state index in [9.17, 15) is 5.26 Å². The third kappa shape index (κ3) is 2.19. The molecular formula is C14H18N2. The molecule has 0 bridgehead atoms. The first-order chi connectivity index (χ1) is 7.63. The van der Waals surface area contributed by atoms with Gasteiger partial charge in [-0.1, -0.05) is 24.6 Å². The molecule has 2 nitrogen and oxygen atoms in total. The van der Waals surface area contributed by atoms with Crippen molar-refractivity contribution < 1.29 is 0 Å². The van der Waals surface area contributed by atoms with E-state index in [-0.39, 0.29) is 5.54 Å². The van der Waals surface area contributed by atoms with E-state index < -0.39 is 0 Å². The van der Waals surface area contributed by atoms with Crippen LogP contribution in [0, 0.1) is 24.2 Å². The first-order valence-corrected chi connectivity index (χ1v) is 5.90. The van der Waals surface area contributed by atoms with Crippen LogP contribution in [0.1, 0.15) is 31.7 Å². The summed E-state index contributed by atoms with van der Waals surface area (Å²) in [6, 6.07) is 10.7. The molecule has 1 N–H and O–H groups in total. The first-order valence-electron chi connectivity index (χ1n) is 5.90. The Morgan fingerprint density at radius 3 is 2.56 bits per heavy atom. The monoisotopic (exact) mass is 214 g/mol. The highest BCUT2D eigenvalue weighted by atomic mass is 15.0. The Bertz CT molecular complexity index is 402. The zero-order valence-corrected chi connectivity index (χ0v) is 9.96. The predicted molar refractivity (Wildman–Crippen MR) is 66.2 cm³/mol. The molecule has 1 saturated carbocycles. The minimum Gasteiger partial charge on any atom is -0.367 e. The molecule has 2 heteroatoms. The van der Waals surface area contributed by atoms with Gasteiger partial charge in [-0.2, -0.15) is 5.26 Å². The van der Waals surface area contributed by atoms with Gasteiger partial charge in [0.15, 0.2) is 0 Å². The van der Waals surface area contributed by atoms with Gasteiger partial charge >= 0.3 is 0 Å². The van der Waals surface area contributed by atoms with Crippen LogP contribution < -0.4 is 5.32 Å². The molecule has 1 aliphatic carbocycles. The summed E-state index contributed by atoms with van der Waals surface area (Å²) >= 11 is 0. The molecular weight excluding hydrogens is 196 g/mol. The fourth-order valence-electron chi connectivity index (χ4n) is 2.45. The van der Waals surface area contributed by atoms with Crippen molar-refractivity contribution in [2.24, 2.45) is 5.92 Å². The van der Waals surface area contributed by atoms with Crippen molar-refractivity contribution in [2.45, 2.75) is 38.6 Å². The molecule has 0 spiro atoms. The third-order valence-corrected chi connectivity index (χ3v) is 3.41. The summed E-state index contributed by atoms with van der Waals surface area (Å²) in [5, 5.41) is 12.7. The van der Waals surface area contributed by atoms with Crippen LogP contribution >= 0.6 is 0 Å². The lowest BCUT2D eigenvalue weighted by molar-refractivity contribution is 0.558. The lowest BCUT2D eigenvalue weighted by Gasteiger charge is -2.24. The summed E-state index contributed by atoms with van der Waals surface area (Å²) in [5.41, 5.74) is 1.96. The molecule has 1 fully saturated rings. The molecule has 0 aromatic heterocycles. The van der Waals surface area contributed by atoms with Crippen molar-refractivity contribution in [1.29, 1.82) is 5.26 Å². The molecule has 1 aromatic carbocycles. The lowest BCUT2D eigenvalue weighted by atomic mass is 9.97. The number of nitriles is 1. The molecule has 0 heterocycles. The summed E-state index contributed by atoms with van der Waals surface area (Å²) < 4.78 is 0. The van der Waals surface area contributed by atoms with E-state index in [1.54, 1.807) is 0 Å². The van der Waals surface area contributed by atoms with Crippen LogP contribution in [0.2, 0.25) is 0 Å². The van der Waals surface area contributed by atoms with Crippen LogP contribution in [-0.4, -0.2) is 5.54 Å². The second-order valence-electron chi connectivity index (χ2n) is 5.03. The highest BCUT2D eigenvalue weighted by Gasteiger charge is 2.37. The summed E-state index contributed by atoms with van der Waals surface area (Å²) in [6.07, 6.45) is 3.06. The van der Waals surface area contributed by atoms with E-state index in [1.807, 2.05) is 0 Å². The van der Waals surface area contributed by atoms with Gasteiger partial charge in [-0.25, -0.2) is 0 Å². The third-order valence-electron chi connectivity index (χ3n) is 3.41.